The zero-order valence-corrected chi connectivity index (χ0v) is 18.6. The van der Waals surface area contributed by atoms with Crippen molar-refractivity contribution in [2.24, 2.45) is 11.7 Å². The lowest BCUT2D eigenvalue weighted by Crippen LogP contribution is -2.49. The molecule has 0 aromatic carbocycles. The second kappa shape index (κ2) is 9.59. The van der Waals surface area contributed by atoms with Crippen LogP contribution in [0.3, 0.4) is 0 Å². The zero-order valence-electron chi connectivity index (χ0n) is 17.8. The molecule has 4 N–H and O–H groups in total. The molecule has 2 aromatic rings. The molecule has 2 amide bonds. The lowest BCUT2D eigenvalue weighted by atomic mass is 9.88. The van der Waals surface area contributed by atoms with Crippen molar-refractivity contribution in [3.63, 3.8) is 0 Å². The summed E-state index contributed by atoms with van der Waals surface area (Å²) >= 11 is 1.28. The molecular formula is C21H29N7O2S. The van der Waals surface area contributed by atoms with E-state index in [9.17, 15) is 9.59 Å². The summed E-state index contributed by atoms with van der Waals surface area (Å²) in [5.41, 5.74) is 6.47. The van der Waals surface area contributed by atoms with Crippen molar-refractivity contribution in [1.82, 2.24) is 19.7 Å². The van der Waals surface area contributed by atoms with Crippen molar-refractivity contribution in [1.29, 1.82) is 0 Å². The number of carbonyl (C=O) groups is 2. The highest BCUT2D eigenvalue weighted by atomic mass is 32.1. The maximum Gasteiger partial charge on any atom is 0.271 e. The summed E-state index contributed by atoms with van der Waals surface area (Å²) in [4.78, 5) is 35.5. The Kier molecular flexibility index (Phi) is 6.64. The standard InChI is InChI=1S/C21H29N7O2S/c1-13-10-17(31-27-13)26-20-18(19(22)29)23-11-16(25-20)28-9-5-8-15(12-28)24-21(30)14-6-3-2-4-7-14/h10-11,14-15H,2-9,12H2,1H3,(H2,22,29)(H,24,30)(H,25,26)/t15-/m1/s1. The number of nitrogens with zero attached hydrogens (tertiary/aromatic N) is 4. The third kappa shape index (κ3) is 5.30. The van der Waals surface area contributed by atoms with Crippen molar-refractivity contribution in [2.45, 2.75) is 57.9 Å². The third-order valence-corrected chi connectivity index (χ3v) is 6.73. The summed E-state index contributed by atoms with van der Waals surface area (Å²) < 4.78 is 4.24. The van der Waals surface area contributed by atoms with Gasteiger partial charge < -0.3 is 21.3 Å². The van der Waals surface area contributed by atoms with Gasteiger partial charge in [-0.15, -0.1) is 0 Å². The van der Waals surface area contributed by atoms with Gasteiger partial charge >= 0.3 is 0 Å². The molecule has 0 radical (unpaired) electrons. The Bertz CT molecular complexity index is 942. The van der Waals surface area contributed by atoms with E-state index in [2.05, 4.69) is 29.9 Å². The fourth-order valence-corrected chi connectivity index (χ4v) is 4.99. The Balaban J connectivity index is 1.46. The first-order valence-corrected chi connectivity index (χ1v) is 11.7. The van der Waals surface area contributed by atoms with E-state index in [1.165, 1.54) is 18.0 Å². The Hall–Kier alpha value is -2.75. The van der Waals surface area contributed by atoms with Gasteiger partial charge in [-0.2, -0.15) is 4.37 Å². The molecule has 1 atom stereocenters. The molecule has 2 aliphatic rings. The van der Waals surface area contributed by atoms with Crippen molar-refractivity contribution >= 4 is 40.0 Å². The first-order valence-electron chi connectivity index (χ1n) is 10.9. The summed E-state index contributed by atoms with van der Waals surface area (Å²) in [6.07, 6.45) is 8.99. The summed E-state index contributed by atoms with van der Waals surface area (Å²) in [5, 5.41) is 7.14. The van der Waals surface area contributed by atoms with Crippen LogP contribution in [0.4, 0.5) is 16.6 Å². The van der Waals surface area contributed by atoms with Crippen LogP contribution in [0.5, 0.6) is 0 Å². The van der Waals surface area contributed by atoms with Crippen molar-refractivity contribution in [3.05, 3.63) is 23.7 Å². The highest BCUT2D eigenvalue weighted by Gasteiger charge is 2.27. The number of rotatable bonds is 6. The molecule has 3 heterocycles. The van der Waals surface area contributed by atoms with E-state index in [1.54, 1.807) is 6.20 Å². The lowest BCUT2D eigenvalue weighted by Gasteiger charge is -2.35. The third-order valence-electron chi connectivity index (χ3n) is 5.93. The van der Waals surface area contributed by atoms with Gasteiger partial charge in [0.05, 0.1) is 11.9 Å². The lowest BCUT2D eigenvalue weighted by molar-refractivity contribution is -0.126. The first-order chi connectivity index (χ1) is 15.0. The average molecular weight is 444 g/mol. The molecule has 1 aliphatic carbocycles. The van der Waals surface area contributed by atoms with Crippen LogP contribution in [-0.4, -0.2) is 45.3 Å². The molecule has 2 aromatic heterocycles. The highest BCUT2D eigenvalue weighted by Crippen LogP contribution is 2.27. The number of piperidine rings is 1. The van der Waals surface area contributed by atoms with Gasteiger partial charge in [-0.05, 0) is 50.2 Å². The van der Waals surface area contributed by atoms with Gasteiger partial charge in [0, 0.05) is 25.0 Å². The molecule has 4 rings (SSSR count). The van der Waals surface area contributed by atoms with Crippen LogP contribution >= 0.6 is 11.5 Å². The summed E-state index contributed by atoms with van der Waals surface area (Å²) in [7, 11) is 0. The molecule has 9 nitrogen and oxygen atoms in total. The van der Waals surface area contributed by atoms with Gasteiger partial charge in [-0.3, -0.25) is 9.59 Å². The predicted octanol–water partition coefficient (Wildman–Crippen LogP) is 2.75. The highest BCUT2D eigenvalue weighted by molar-refractivity contribution is 7.10. The SMILES string of the molecule is Cc1cc(Nc2nc(N3CCC[C@@H](NC(=O)C4CCCCC4)C3)cnc2C(N)=O)sn1. The van der Waals surface area contributed by atoms with Gasteiger partial charge in [0.15, 0.2) is 11.5 Å². The minimum atomic E-state index is -0.640. The minimum Gasteiger partial charge on any atom is -0.364 e. The average Bonchev–Trinajstić information content (AvgIpc) is 3.19. The fraction of sp³-hybridized carbons (Fsp3) is 0.571. The van der Waals surface area contributed by atoms with Gasteiger partial charge in [0.1, 0.15) is 10.8 Å². The molecule has 31 heavy (non-hydrogen) atoms. The van der Waals surface area contributed by atoms with E-state index in [1.807, 2.05) is 13.0 Å². The molecule has 2 fully saturated rings. The monoisotopic (exact) mass is 443 g/mol. The fourth-order valence-electron chi connectivity index (χ4n) is 4.33. The Morgan fingerprint density at radius 2 is 2.00 bits per heavy atom. The van der Waals surface area contributed by atoms with E-state index < -0.39 is 5.91 Å². The largest absolute Gasteiger partial charge is 0.364 e. The number of hydrogen-bond donors (Lipinski definition) is 3. The van der Waals surface area contributed by atoms with Gasteiger partial charge in [0.2, 0.25) is 5.91 Å². The molecule has 166 valence electrons. The van der Waals surface area contributed by atoms with Gasteiger partial charge in [-0.25, -0.2) is 9.97 Å². The first kappa shape index (κ1) is 21.5. The molecule has 0 unspecified atom stereocenters. The Labute approximate surface area is 186 Å². The Morgan fingerprint density at radius 3 is 2.71 bits per heavy atom. The molecule has 0 spiro atoms. The van der Waals surface area contributed by atoms with Crippen LogP contribution < -0.4 is 21.3 Å². The smallest absolute Gasteiger partial charge is 0.271 e. The number of nitrogens with one attached hydrogen (secondary N) is 2. The molecule has 10 heteroatoms. The molecule has 1 saturated carbocycles. The number of anilines is 3. The van der Waals surface area contributed by atoms with Crippen LogP contribution in [0, 0.1) is 12.8 Å². The van der Waals surface area contributed by atoms with E-state index in [4.69, 9.17) is 5.73 Å². The number of aryl methyl sites for hydroxylation is 1. The molecule has 0 bridgehead atoms. The van der Waals surface area contributed by atoms with E-state index >= 15 is 0 Å². The molecule has 1 saturated heterocycles. The van der Waals surface area contributed by atoms with Crippen LogP contribution in [-0.2, 0) is 4.79 Å². The van der Waals surface area contributed by atoms with Crippen LogP contribution in [0.25, 0.3) is 0 Å². The van der Waals surface area contributed by atoms with E-state index in [0.29, 0.717) is 18.2 Å². The number of aromatic nitrogens is 3. The number of carbonyl (C=O) groups excluding carboxylic acids is 2. The van der Waals surface area contributed by atoms with Gasteiger partial charge in [0.25, 0.3) is 5.91 Å². The van der Waals surface area contributed by atoms with Crippen LogP contribution in [0.2, 0.25) is 0 Å². The molecule has 1 aliphatic heterocycles. The normalized spacial score (nSPS) is 19.8. The number of nitrogens with two attached hydrogens (primary N) is 1. The summed E-state index contributed by atoms with van der Waals surface area (Å²) in [6.45, 7) is 3.38. The maximum absolute atomic E-state index is 12.7. The second-order valence-electron chi connectivity index (χ2n) is 8.38. The number of hydrogen-bond acceptors (Lipinski definition) is 8. The predicted molar refractivity (Wildman–Crippen MR) is 121 cm³/mol. The van der Waals surface area contributed by atoms with Crippen LogP contribution in [0.1, 0.15) is 61.1 Å². The maximum atomic E-state index is 12.7. The van der Waals surface area contributed by atoms with Crippen molar-refractivity contribution in [2.75, 3.05) is 23.3 Å². The number of primary amides is 1. The minimum absolute atomic E-state index is 0.0846. The van der Waals surface area contributed by atoms with Crippen molar-refractivity contribution < 1.29 is 9.59 Å². The van der Waals surface area contributed by atoms with Crippen LogP contribution in [0.15, 0.2) is 12.3 Å². The quantitative estimate of drug-likeness (QED) is 0.626. The topological polar surface area (TPSA) is 126 Å². The summed E-state index contributed by atoms with van der Waals surface area (Å²) in [5.74, 6) is 0.675. The molecular weight excluding hydrogens is 414 g/mol. The van der Waals surface area contributed by atoms with Gasteiger partial charge in [-0.1, -0.05) is 19.3 Å². The van der Waals surface area contributed by atoms with E-state index in [-0.39, 0.29) is 23.6 Å². The second-order valence-corrected chi connectivity index (χ2v) is 9.18. The zero-order chi connectivity index (χ0) is 21.8. The van der Waals surface area contributed by atoms with E-state index in [0.717, 1.165) is 55.8 Å². The Morgan fingerprint density at radius 1 is 1.19 bits per heavy atom. The summed E-state index contributed by atoms with van der Waals surface area (Å²) in [6, 6.07) is 1.96. The number of amides is 2. The van der Waals surface area contributed by atoms with Crippen molar-refractivity contribution in [3.8, 4) is 0 Å².